The van der Waals surface area contributed by atoms with Crippen molar-refractivity contribution in [1.29, 1.82) is 0 Å². The maximum Gasteiger partial charge on any atom is 0.306 e. The SMILES string of the molecule is COC(=O)CC(c1oc(C)cc(=O)c1O)c1ccc(OC)c2ccccc12. The van der Waals surface area contributed by atoms with E-state index in [4.69, 9.17) is 13.9 Å². The minimum atomic E-state index is -0.694. The Balaban J connectivity index is 2.29. The molecule has 0 bridgehead atoms. The molecule has 1 N–H and O–H groups in total. The van der Waals surface area contributed by atoms with Crippen molar-refractivity contribution < 1.29 is 23.8 Å². The van der Waals surface area contributed by atoms with Crippen molar-refractivity contribution in [3.8, 4) is 11.5 Å². The van der Waals surface area contributed by atoms with Gasteiger partial charge in [0.15, 0.2) is 5.76 Å². The van der Waals surface area contributed by atoms with Gasteiger partial charge < -0.3 is 19.0 Å². The van der Waals surface area contributed by atoms with E-state index in [1.54, 1.807) is 26.2 Å². The first kappa shape index (κ1) is 18.5. The Labute approximate surface area is 156 Å². The number of ether oxygens (including phenoxy) is 2. The molecule has 3 aromatic rings. The molecule has 0 amide bonds. The highest BCUT2D eigenvalue weighted by molar-refractivity contribution is 5.92. The summed E-state index contributed by atoms with van der Waals surface area (Å²) < 4.78 is 15.9. The smallest absolute Gasteiger partial charge is 0.306 e. The highest BCUT2D eigenvalue weighted by Gasteiger charge is 2.28. The molecule has 0 saturated heterocycles. The maximum atomic E-state index is 12.1. The molecule has 1 heterocycles. The average Bonchev–Trinajstić information content (AvgIpc) is 2.68. The monoisotopic (exact) mass is 368 g/mol. The van der Waals surface area contributed by atoms with Gasteiger partial charge in [-0.05, 0) is 23.9 Å². The highest BCUT2D eigenvalue weighted by Crippen LogP contribution is 2.39. The Hall–Kier alpha value is -3.28. The van der Waals surface area contributed by atoms with Gasteiger partial charge in [0.2, 0.25) is 11.2 Å². The molecule has 0 aliphatic carbocycles. The number of hydrogen-bond donors (Lipinski definition) is 1. The lowest BCUT2D eigenvalue weighted by Crippen LogP contribution is -2.14. The van der Waals surface area contributed by atoms with Gasteiger partial charge in [-0.3, -0.25) is 9.59 Å². The van der Waals surface area contributed by atoms with E-state index in [2.05, 4.69) is 0 Å². The molecule has 1 atom stereocenters. The molecular weight excluding hydrogens is 348 g/mol. The molecule has 140 valence electrons. The van der Waals surface area contributed by atoms with Crippen molar-refractivity contribution in [3.63, 3.8) is 0 Å². The Morgan fingerprint density at radius 3 is 2.52 bits per heavy atom. The van der Waals surface area contributed by atoms with Crippen LogP contribution in [0.1, 0.15) is 29.4 Å². The zero-order valence-corrected chi connectivity index (χ0v) is 15.3. The molecule has 27 heavy (non-hydrogen) atoms. The predicted molar refractivity (Wildman–Crippen MR) is 100 cm³/mol. The van der Waals surface area contributed by atoms with E-state index in [1.807, 2.05) is 24.3 Å². The fourth-order valence-electron chi connectivity index (χ4n) is 3.23. The largest absolute Gasteiger partial charge is 0.502 e. The van der Waals surface area contributed by atoms with Crippen LogP contribution in [0.5, 0.6) is 11.5 Å². The zero-order chi connectivity index (χ0) is 19.6. The van der Waals surface area contributed by atoms with E-state index in [0.717, 1.165) is 16.3 Å². The number of aromatic hydroxyl groups is 1. The van der Waals surface area contributed by atoms with Crippen LogP contribution >= 0.6 is 0 Å². The predicted octanol–water partition coefficient (Wildman–Crippen LogP) is 3.51. The summed E-state index contributed by atoms with van der Waals surface area (Å²) in [7, 11) is 2.87. The Morgan fingerprint density at radius 2 is 1.85 bits per heavy atom. The second-order valence-corrected chi connectivity index (χ2v) is 6.17. The quantitative estimate of drug-likeness (QED) is 0.694. The minimum absolute atomic E-state index is 0.0423. The number of carbonyl (C=O) groups is 1. The van der Waals surface area contributed by atoms with Crippen LogP contribution < -0.4 is 10.2 Å². The molecule has 1 aromatic heterocycles. The third-order valence-corrected chi connectivity index (χ3v) is 4.50. The minimum Gasteiger partial charge on any atom is -0.502 e. The van der Waals surface area contributed by atoms with Crippen LogP contribution in [0.3, 0.4) is 0 Å². The van der Waals surface area contributed by atoms with Gasteiger partial charge in [0.1, 0.15) is 11.5 Å². The molecule has 6 heteroatoms. The Morgan fingerprint density at radius 1 is 1.15 bits per heavy atom. The Bertz CT molecular complexity index is 1050. The third kappa shape index (κ3) is 3.51. The average molecular weight is 368 g/mol. The van der Waals surface area contributed by atoms with Crippen LogP contribution in [-0.2, 0) is 9.53 Å². The fraction of sp³-hybridized carbons (Fsp3) is 0.238. The van der Waals surface area contributed by atoms with Crippen LogP contribution in [0, 0.1) is 6.92 Å². The lowest BCUT2D eigenvalue weighted by molar-refractivity contribution is -0.140. The maximum absolute atomic E-state index is 12.1. The van der Waals surface area contributed by atoms with E-state index in [1.165, 1.54) is 13.2 Å². The van der Waals surface area contributed by atoms with Gasteiger partial charge in [-0.2, -0.15) is 0 Å². The molecule has 0 aliphatic heterocycles. The summed E-state index contributed by atoms with van der Waals surface area (Å²) in [4.78, 5) is 24.1. The molecule has 0 aliphatic rings. The Kier molecular flexibility index (Phi) is 5.16. The number of methoxy groups -OCH3 is 2. The van der Waals surface area contributed by atoms with E-state index in [9.17, 15) is 14.7 Å². The van der Waals surface area contributed by atoms with E-state index in [0.29, 0.717) is 11.5 Å². The van der Waals surface area contributed by atoms with Gasteiger partial charge in [0, 0.05) is 11.5 Å². The summed E-state index contributed by atoms with van der Waals surface area (Å²) in [6, 6.07) is 12.3. The van der Waals surface area contributed by atoms with Crippen molar-refractivity contribution in [2.75, 3.05) is 14.2 Å². The van der Waals surface area contributed by atoms with Gasteiger partial charge in [-0.15, -0.1) is 0 Å². The number of aryl methyl sites for hydroxylation is 1. The van der Waals surface area contributed by atoms with Crippen molar-refractivity contribution in [2.24, 2.45) is 0 Å². The van der Waals surface area contributed by atoms with Crippen molar-refractivity contribution in [3.05, 3.63) is 69.8 Å². The normalized spacial score (nSPS) is 12.0. The van der Waals surface area contributed by atoms with Gasteiger partial charge in [0.25, 0.3) is 0 Å². The summed E-state index contributed by atoms with van der Waals surface area (Å²) in [6.07, 6.45) is -0.0905. The fourth-order valence-corrected chi connectivity index (χ4v) is 3.23. The first-order valence-electron chi connectivity index (χ1n) is 8.42. The molecule has 1 unspecified atom stereocenters. The molecule has 3 rings (SSSR count). The number of fused-ring (bicyclic) bond motifs is 1. The van der Waals surface area contributed by atoms with Crippen LogP contribution in [0.15, 0.2) is 51.7 Å². The van der Waals surface area contributed by atoms with Crippen molar-refractivity contribution in [1.82, 2.24) is 0 Å². The van der Waals surface area contributed by atoms with E-state index in [-0.39, 0.29) is 12.2 Å². The van der Waals surface area contributed by atoms with Gasteiger partial charge in [-0.1, -0.05) is 30.3 Å². The summed E-state index contributed by atoms with van der Waals surface area (Å²) >= 11 is 0. The second kappa shape index (κ2) is 7.53. The lowest BCUT2D eigenvalue weighted by atomic mass is 9.88. The zero-order valence-electron chi connectivity index (χ0n) is 15.3. The molecule has 0 spiro atoms. The van der Waals surface area contributed by atoms with Crippen LogP contribution in [0.2, 0.25) is 0 Å². The van der Waals surface area contributed by atoms with Gasteiger partial charge in [0.05, 0.1) is 26.6 Å². The molecule has 0 saturated carbocycles. The number of carbonyl (C=O) groups excluding carboxylic acids is 1. The third-order valence-electron chi connectivity index (χ3n) is 4.50. The number of esters is 1. The van der Waals surface area contributed by atoms with Gasteiger partial charge in [-0.25, -0.2) is 0 Å². The van der Waals surface area contributed by atoms with Crippen LogP contribution in [-0.4, -0.2) is 25.3 Å². The molecular formula is C21H20O6. The standard InChI is InChI=1S/C21H20O6/c1-12-10-17(22)20(24)21(27-12)16(11-19(23)26-3)14-8-9-18(25-2)15-7-5-4-6-13(14)15/h4-10,16,24H,11H2,1-3H3. The number of benzene rings is 2. The molecule has 0 fully saturated rings. The lowest BCUT2D eigenvalue weighted by Gasteiger charge is -2.20. The molecule has 2 aromatic carbocycles. The first-order chi connectivity index (χ1) is 13.0. The first-order valence-corrected chi connectivity index (χ1v) is 8.42. The summed E-state index contributed by atoms with van der Waals surface area (Å²) in [5.41, 5.74) is 0.169. The van der Waals surface area contributed by atoms with Gasteiger partial charge >= 0.3 is 5.97 Å². The van der Waals surface area contributed by atoms with E-state index >= 15 is 0 Å². The van der Waals surface area contributed by atoms with Crippen molar-refractivity contribution in [2.45, 2.75) is 19.3 Å². The molecule has 6 nitrogen and oxygen atoms in total. The van der Waals surface area contributed by atoms with Crippen LogP contribution in [0.25, 0.3) is 10.8 Å². The summed E-state index contributed by atoms with van der Waals surface area (Å²) in [5, 5.41) is 12.0. The van der Waals surface area contributed by atoms with E-state index < -0.39 is 23.1 Å². The highest BCUT2D eigenvalue weighted by atomic mass is 16.5. The van der Waals surface area contributed by atoms with Crippen LogP contribution in [0.4, 0.5) is 0 Å². The number of rotatable bonds is 5. The number of hydrogen-bond acceptors (Lipinski definition) is 6. The topological polar surface area (TPSA) is 86.0 Å². The summed E-state index contributed by atoms with van der Waals surface area (Å²) in [6.45, 7) is 1.62. The summed E-state index contributed by atoms with van der Waals surface area (Å²) in [5.74, 6) is -0.610. The second-order valence-electron chi connectivity index (χ2n) is 6.17. The molecule has 0 radical (unpaired) electrons. The van der Waals surface area contributed by atoms with Crippen molar-refractivity contribution >= 4 is 16.7 Å².